The molecule has 23 heavy (non-hydrogen) atoms. The number of nitrogens with zero attached hydrogens (tertiary/aromatic N) is 2. The second-order valence-electron chi connectivity index (χ2n) is 6.88. The first-order valence-corrected chi connectivity index (χ1v) is 8.92. The number of halogens is 1. The van der Waals surface area contributed by atoms with Crippen LogP contribution in [0.25, 0.3) is 0 Å². The molecule has 2 heterocycles. The number of hydrogen-bond donors (Lipinski definition) is 0. The van der Waals surface area contributed by atoms with Crippen molar-refractivity contribution in [1.29, 1.82) is 0 Å². The van der Waals surface area contributed by atoms with Crippen molar-refractivity contribution in [1.82, 2.24) is 9.80 Å². The number of hydrogen-bond acceptors (Lipinski definition) is 2. The van der Waals surface area contributed by atoms with Crippen LogP contribution in [0.1, 0.15) is 56.7 Å². The number of benzene rings is 1. The van der Waals surface area contributed by atoms with Gasteiger partial charge in [-0.1, -0.05) is 13.0 Å². The quantitative estimate of drug-likeness (QED) is 0.851. The molecule has 126 valence electrons. The second kappa shape index (κ2) is 7.00. The summed E-state index contributed by atoms with van der Waals surface area (Å²) >= 11 is 0. The highest BCUT2D eigenvalue weighted by atomic mass is 19.1. The van der Waals surface area contributed by atoms with Crippen molar-refractivity contribution in [3.05, 3.63) is 35.1 Å². The van der Waals surface area contributed by atoms with Crippen LogP contribution in [0, 0.1) is 5.82 Å². The standard InChI is InChI=1S/C19H27FN2O/c1-3-17-6-4-5-10-22(17)19(23)13-21-11-9-15-7-8-16(20)12-18(15)14(21)2/h7-8,12,14,17H,3-6,9-11,13H2,1-2H3. The number of piperidine rings is 1. The van der Waals surface area contributed by atoms with Crippen molar-refractivity contribution in [2.24, 2.45) is 0 Å². The predicted octanol–water partition coefficient (Wildman–Crippen LogP) is 3.54. The van der Waals surface area contributed by atoms with Crippen molar-refractivity contribution < 1.29 is 9.18 Å². The van der Waals surface area contributed by atoms with Gasteiger partial charge in [0.05, 0.1) is 6.54 Å². The van der Waals surface area contributed by atoms with Crippen molar-refractivity contribution in [3.63, 3.8) is 0 Å². The van der Waals surface area contributed by atoms with Gasteiger partial charge in [0.2, 0.25) is 5.91 Å². The van der Waals surface area contributed by atoms with Gasteiger partial charge in [-0.3, -0.25) is 9.69 Å². The van der Waals surface area contributed by atoms with Crippen LogP contribution < -0.4 is 0 Å². The molecular weight excluding hydrogens is 291 g/mol. The minimum absolute atomic E-state index is 0.100. The third-order valence-electron chi connectivity index (χ3n) is 5.53. The molecule has 1 saturated heterocycles. The zero-order valence-corrected chi connectivity index (χ0v) is 14.2. The summed E-state index contributed by atoms with van der Waals surface area (Å²) in [5, 5.41) is 0. The Bertz CT molecular complexity index is 574. The Labute approximate surface area is 138 Å². The van der Waals surface area contributed by atoms with E-state index < -0.39 is 0 Å². The number of carbonyl (C=O) groups is 1. The van der Waals surface area contributed by atoms with Gasteiger partial charge < -0.3 is 4.90 Å². The van der Waals surface area contributed by atoms with E-state index >= 15 is 0 Å². The fourth-order valence-electron chi connectivity index (χ4n) is 4.07. The minimum Gasteiger partial charge on any atom is -0.339 e. The summed E-state index contributed by atoms with van der Waals surface area (Å²) in [5.74, 6) is 0.0501. The lowest BCUT2D eigenvalue weighted by Gasteiger charge is -2.39. The van der Waals surface area contributed by atoms with Crippen molar-refractivity contribution in [2.45, 2.75) is 58.0 Å². The van der Waals surface area contributed by atoms with Gasteiger partial charge in [0.25, 0.3) is 0 Å². The highest BCUT2D eigenvalue weighted by Gasteiger charge is 2.30. The largest absolute Gasteiger partial charge is 0.339 e. The Morgan fingerprint density at radius 2 is 2.13 bits per heavy atom. The maximum atomic E-state index is 13.6. The SMILES string of the molecule is CCC1CCCCN1C(=O)CN1CCc2ccc(F)cc2C1C. The molecule has 4 heteroatoms. The highest BCUT2D eigenvalue weighted by Crippen LogP contribution is 2.30. The van der Waals surface area contributed by atoms with Crippen LogP contribution in [0.2, 0.25) is 0 Å². The molecule has 1 amide bonds. The summed E-state index contributed by atoms with van der Waals surface area (Å²) in [4.78, 5) is 17.1. The van der Waals surface area contributed by atoms with Gasteiger partial charge in [0.15, 0.2) is 0 Å². The van der Waals surface area contributed by atoms with Gasteiger partial charge in [0, 0.05) is 25.2 Å². The summed E-state index contributed by atoms with van der Waals surface area (Å²) in [6, 6.07) is 5.56. The maximum absolute atomic E-state index is 13.6. The first-order valence-electron chi connectivity index (χ1n) is 8.92. The van der Waals surface area contributed by atoms with Crippen molar-refractivity contribution in [3.8, 4) is 0 Å². The van der Waals surface area contributed by atoms with Gasteiger partial charge in [-0.2, -0.15) is 0 Å². The zero-order chi connectivity index (χ0) is 16.4. The van der Waals surface area contributed by atoms with Gasteiger partial charge in [-0.15, -0.1) is 0 Å². The fraction of sp³-hybridized carbons (Fsp3) is 0.632. The van der Waals surface area contributed by atoms with Crippen LogP contribution in [0.4, 0.5) is 4.39 Å². The predicted molar refractivity (Wildman–Crippen MR) is 89.7 cm³/mol. The van der Waals surface area contributed by atoms with E-state index in [2.05, 4.69) is 23.6 Å². The van der Waals surface area contributed by atoms with Crippen molar-refractivity contribution in [2.75, 3.05) is 19.6 Å². The third-order valence-corrected chi connectivity index (χ3v) is 5.53. The molecule has 2 unspecified atom stereocenters. The normalized spacial score (nSPS) is 25.3. The van der Waals surface area contributed by atoms with E-state index in [1.54, 1.807) is 6.07 Å². The third kappa shape index (κ3) is 3.42. The van der Waals surface area contributed by atoms with E-state index in [0.717, 1.165) is 44.3 Å². The van der Waals surface area contributed by atoms with Gasteiger partial charge in [-0.25, -0.2) is 4.39 Å². The summed E-state index contributed by atoms with van der Waals surface area (Å²) in [7, 11) is 0. The van der Waals surface area contributed by atoms with E-state index in [9.17, 15) is 9.18 Å². The Balaban J connectivity index is 1.69. The van der Waals surface area contributed by atoms with Crippen molar-refractivity contribution >= 4 is 5.91 Å². The van der Waals surface area contributed by atoms with Gasteiger partial charge in [-0.05, 0) is 62.3 Å². The minimum atomic E-state index is -0.189. The molecule has 1 aromatic carbocycles. The molecular formula is C19H27FN2O. The Hall–Kier alpha value is -1.42. The Morgan fingerprint density at radius 3 is 2.91 bits per heavy atom. The molecule has 2 aliphatic rings. The molecule has 0 bridgehead atoms. The Morgan fingerprint density at radius 1 is 1.30 bits per heavy atom. The van der Waals surface area contributed by atoms with Gasteiger partial charge in [0.1, 0.15) is 5.82 Å². The lowest BCUT2D eigenvalue weighted by Crippen LogP contribution is -2.49. The van der Waals surface area contributed by atoms with Crippen LogP contribution in [0.3, 0.4) is 0 Å². The average Bonchev–Trinajstić information content (AvgIpc) is 2.57. The maximum Gasteiger partial charge on any atom is 0.237 e. The molecule has 3 nitrogen and oxygen atoms in total. The molecule has 2 atom stereocenters. The number of amides is 1. The molecule has 2 aliphatic heterocycles. The molecule has 0 radical (unpaired) electrons. The molecule has 0 spiro atoms. The molecule has 0 N–H and O–H groups in total. The second-order valence-corrected chi connectivity index (χ2v) is 6.88. The van der Waals surface area contributed by atoms with Crippen LogP contribution in [-0.2, 0) is 11.2 Å². The number of likely N-dealkylation sites (tertiary alicyclic amines) is 1. The molecule has 1 fully saturated rings. The monoisotopic (exact) mass is 318 g/mol. The molecule has 0 aromatic heterocycles. The van der Waals surface area contributed by atoms with Crippen LogP contribution in [0.15, 0.2) is 18.2 Å². The van der Waals surface area contributed by atoms with E-state index in [1.165, 1.54) is 18.1 Å². The van der Waals surface area contributed by atoms with Crippen LogP contribution in [0.5, 0.6) is 0 Å². The molecule has 1 aromatic rings. The molecule has 0 aliphatic carbocycles. The highest BCUT2D eigenvalue weighted by molar-refractivity contribution is 5.78. The summed E-state index contributed by atoms with van der Waals surface area (Å²) in [6.07, 6.45) is 5.41. The Kier molecular flexibility index (Phi) is 5.00. The smallest absolute Gasteiger partial charge is 0.237 e. The molecule has 0 saturated carbocycles. The summed E-state index contributed by atoms with van der Waals surface area (Å²) in [6.45, 7) is 6.46. The lowest BCUT2D eigenvalue weighted by atomic mass is 9.93. The number of fused-ring (bicyclic) bond motifs is 1. The molecule has 3 rings (SSSR count). The van der Waals surface area contributed by atoms with Crippen LogP contribution in [-0.4, -0.2) is 41.4 Å². The lowest BCUT2D eigenvalue weighted by molar-refractivity contribution is -0.136. The first-order chi connectivity index (χ1) is 11.1. The average molecular weight is 318 g/mol. The number of rotatable bonds is 3. The van der Waals surface area contributed by atoms with E-state index in [1.807, 2.05) is 6.07 Å². The summed E-state index contributed by atoms with van der Waals surface area (Å²) in [5.41, 5.74) is 2.25. The zero-order valence-electron chi connectivity index (χ0n) is 14.2. The van der Waals surface area contributed by atoms with E-state index in [-0.39, 0.29) is 17.8 Å². The summed E-state index contributed by atoms with van der Waals surface area (Å²) < 4.78 is 13.6. The van der Waals surface area contributed by atoms with E-state index in [0.29, 0.717) is 12.6 Å². The number of carbonyl (C=O) groups excluding carboxylic acids is 1. The van der Waals surface area contributed by atoms with Gasteiger partial charge >= 0.3 is 0 Å². The van der Waals surface area contributed by atoms with E-state index in [4.69, 9.17) is 0 Å². The fourth-order valence-corrected chi connectivity index (χ4v) is 4.07. The topological polar surface area (TPSA) is 23.6 Å². The first kappa shape index (κ1) is 16.4. The van der Waals surface area contributed by atoms with Crippen LogP contribution >= 0.6 is 0 Å².